The molecule has 0 saturated heterocycles. The van der Waals surface area contributed by atoms with Gasteiger partial charge in [-0.05, 0) is 54.6 Å². The Kier molecular flexibility index (Phi) is 4.21. The van der Waals surface area contributed by atoms with Gasteiger partial charge in [0, 0.05) is 22.5 Å². The first-order chi connectivity index (χ1) is 13.0. The number of hydrogen-bond acceptors (Lipinski definition) is 4. The second kappa shape index (κ2) is 6.69. The third-order valence-corrected chi connectivity index (χ3v) is 4.26. The molecule has 8 heteroatoms. The van der Waals surface area contributed by atoms with Crippen molar-refractivity contribution in [1.82, 2.24) is 14.6 Å². The zero-order valence-corrected chi connectivity index (χ0v) is 14.6. The number of amides is 1. The Hall–Kier alpha value is -3.45. The van der Waals surface area contributed by atoms with Gasteiger partial charge in [-0.1, -0.05) is 11.6 Å². The fourth-order valence-electron chi connectivity index (χ4n) is 2.77. The maximum absolute atomic E-state index is 13.2. The number of nitrogens with two attached hydrogens (primary N) is 1. The first-order valence-electron chi connectivity index (χ1n) is 7.99. The summed E-state index contributed by atoms with van der Waals surface area (Å²) in [6.45, 7) is 0. The number of aromatic nitrogens is 3. The lowest BCUT2D eigenvalue weighted by atomic mass is 10.1. The van der Waals surface area contributed by atoms with E-state index in [4.69, 9.17) is 17.3 Å². The van der Waals surface area contributed by atoms with Crippen LogP contribution in [0.1, 0.15) is 10.4 Å². The highest BCUT2D eigenvalue weighted by atomic mass is 35.5. The lowest BCUT2D eigenvalue weighted by Gasteiger charge is -2.04. The van der Waals surface area contributed by atoms with E-state index in [2.05, 4.69) is 15.4 Å². The number of carbonyl (C=O) groups excluding carboxylic acids is 1. The van der Waals surface area contributed by atoms with Crippen LogP contribution in [-0.2, 0) is 0 Å². The summed E-state index contributed by atoms with van der Waals surface area (Å²) in [5.74, 6) is -0.732. The summed E-state index contributed by atoms with van der Waals surface area (Å²) in [7, 11) is 0. The molecule has 0 aliphatic rings. The fraction of sp³-hybridized carbons (Fsp3) is 0. The highest BCUT2D eigenvalue weighted by Crippen LogP contribution is 2.27. The van der Waals surface area contributed by atoms with Crippen molar-refractivity contribution >= 4 is 34.7 Å². The van der Waals surface area contributed by atoms with Gasteiger partial charge in [0.25, 0.3) is 5.91 Å². The third kappa shape index (κ3) is 3.20. The van der Waals surface area contributed by atoms with Crippen LogP contribution in [0.25, 0.3) is 16.9 Å². The van der Waals surface area contributed by atoms with Gasteiger partial charge >= 0.3 is 0 Å². The van der Waals surface area contributed by atoms with Crippen molar-refractivity contribution in [2.45, 2.75) is 0 Å². The van der Waals surface area contributed by atoms with Crippen LogP contribution in [0.2, 0.25) is 5.02 Å². The van der Waals surface area contributed by atoms with Gasteiger partial charge in [0.15, 0.2) is 11.5 Å². The minimum atomic E-state index is -0.662. The first-order valence-corrected chi connectivity index (χ1v) is 8.37. The van der Waals surface area contributed by atoms with E-state index in [-0.39, 0.29) is 17.2 Å². The molecule has 0 bridgehead atoms. The highest BCUT2D eigenvalue weighted by molar-refractivity contribution is 6.30. The van der Waals surface area contributed by atoms with Crippen LogP contribution in [0.15, 0.2) is 60.8 Å². The predicted octanol–water partition coefficient (Wildman–Crippen LogP) is 4.03. The number of hydrogen-bond donors (Lipinski definition) is 2. The maximum Gasteiger partial charge on any atom is 0.256 e. The summed E-state index contributed by atoms with van der Waals surface area (Å²) in [6.07, 6.45) is 1.55. The minimum Gasteiger partial charge on any atom is -0.365 e. The molecule has 0 aliphatic heterocycles. The van der Waals surface area contributed by atoms with Gasteiger partial charge in [-0.2, -0.15) is 0 Å². The Bertz CT molecular complexity index is 1140. The Morgan fingerprint density at radius 1 is 1.07 bits per heavy atom. The molecule has 2 aromatic carbocycles. The SMILES string of the molecule is NC(=O)c1c(Nc2ccc(Cl)cc2)nn2c(-c3ccc(F)cc3)ccnc12. The van der Waals surface area contributed by atoms with Crippen molar-refractivity contribution in [3.8, 4) is 11.3 Å². The fourth-order valence-corrected chi connectivity index (χ4v) is 2.89. The average Bonchev–Trinajstić information content (AvgIpc) is 3.02. The Balaban J connectivity index is 1.88. The van der Waals surface area contributed by atoms with Gasteiger partial charge in [0.05, 0.1) is 5.69 Å². The molecule has 0 atom stereocenters. The van der Waals surface area contributed by atoms with E-state index in [9.17, 15) is 9.18 Å². The second-order valence-corrected chi connectivity index (χ2v) is 6.23. The molecular weight excluding hydrogens is 369 g/mol. The summed E-state index contributed by atoms with van der Waals surface area (Å²) >= 11 is 5.90. The number of halogens is 2. The lowest BCUT2D eigenvalue weighted by molar-refractivity contribution is 0.100. The number of primary amides is 1. The lowest BCUT2D eigenvalue weighted by Crippen LogP contribution is -2.13. The molecule has 3 N–H and O–H groups in total. The normalized spacial score (nSPS) is 10.9. The zero-order valence-electron chi connectivity index (χ0n) is 13.9. The van der Waals surface area contributed by atoms with Crippen molar-refractivity contribution < 1.29 is 9.18 Å². The van der Waals surface area contributed by atoms with Crippen molar-refractivity contribution in [1.29, 1.82) is 0 Å². The number of fused-ring (bicyclic) bond motifs is 1. The number of nitrogens with one attached hydrogen (secondary N) is 1. The van der Waals surface area contributed by atoms with E-state index in [1.165, 1.54) is 16.6 Å². The van der Waals surface area contributed by atoms with Gasteiger partial charge in [0.2, 0.25) is 0 Å². The molecule has 2 heterocycles. The number of rotatable bonds is 4. The molecule has 0 fully saturated rings. The van der Waals surface area contributed by atoms with E-state index in [0.717, 1.165) is 5.56 Å². The number of nitrogens with zero attached hydrogens (tertiary/aromatic N) is 3. The summed E-state index contributed by atoms with van der Waals surface area (Å²) in [6, 6.07) is 14.6. The molecule has 0 saturated carbocycles. The van der Waals surface area contributed by atoms with E-state index in [1.807, 2.05) is 0 Å². The largest absolute Gasteiger partial charge is 0.365 e. The molecule has 0 unspecified atom stereocenters. The molecule has 0 radical (unpaired) electrons. The quantitative estimate of drug-likeness (QED) is 0.559. The summed E-state index contributed by atoms with van der Waals surface area (Å²) < 4.78 is 14.8. The smallest absolute Gasteiger partial charge is 0.256 e. The molecule has 27 heavy (non-hydrogen) atoms. The molecular formula is C19H13ClFN5O. The standard InChI is InChI=1S/C19H13ClFN5O/c20-12-3-7-14(8-4-12)24-18-16(17(22)27)19-23-10-9-15(26(19)25-18)11-1-5-13(21)6-2-11/h1-10H,(H2,22,27)(H,24,25). The van der Waals surface area contributed by atoms with E-state index >= 15 is 0 Å². The van der Waals surface area contributed by atoms with E-state index < -0.39 is 5.91 Å². The molecule has 134 valence electrons. The number of anilines is 2. The molecule has 6 nitrogen and oxygen atoms in total. The van der Waals surface area contributed by atoms with Crippen molar-refractivity contribution in [2.24, 2.45) is 5.73 Å². The third-order valence-electron chi connectivity index (χ3n) is 4.01. The molecule has 0 spiro atoms. The van der Waals surface area contributed by atoms with Gasteiger partial charge in [-0.15, -0.1) is 5.10 Å². The highest BCUT2D eigenvalue weighted by Gasteiger charge is 2.21. The second-order valence-electron chi connectivity index (χ2n) is 5.79. The molecule has 1 amide bonds. The Morgan fingerprint density at radius 3 is 2.44 bits per heavy atom. The molecule has 0 aliphatic carbocycles. The monoisotopic (exact) mass is 381 g/mol. The Morgan fingerprint density at radius 2 is 1.78 bits per heavy atom. The number of benzene rings is 2. The molecule has 4 rings (SSSR count). The predicted molar refractivity (Wildman–Crippen MR) is 102 cm³/mol. The first kappa shape index (κ1) is 17.0. The summed E-state index contributed by atoms with van der Waals surface area (Å²) in [5.41, 5.74) is 8.09. The topological polar surface area (TPSA) is 85.3 Å². The van der Waals surface area contributed by atoms with E-state index in [0.29, 0.717) is 22.1 Å². The molecule has 2 aromatic heterocycles. The molecule has 4 aromatic rings. The van der Waals surface area contributed by atoms with Crippen LogP contribution >= 0.6 is 11.6 Å². The van der Waals surface area contributed by atoms with Crippen molar-refractivity contribution in [3.05, 3.63) is 77.2 Å². The summed E-state index contributed by atoms with van der Waals surface area (Å²) in [4.78, 5) is 16.3. The van der Waals surface area contributed by atoms with Gasteiger partial charge in [-0.3, -0.25) is 4.79 Å². The average molecular weight is 382 g/mol. The van der Waals surface area contributed by atoms with Crippen LogP contribution < -0.4 is 11.1 Å². The van der Waals surface area contributed by atoms with Crippen LogP contribution in [0.4, 0.5) is 15.9 Å². The van der Waals surface area contributed by atoms with Gasteiger partial charge < -0.3 is 11.1 Å². The van der Waals surface area contributed by atoms with E-state index in [1.54, 1.807) is 48.7 Å². The minimum absolute atomic E-state index is 0.161. The van der Waals surface area contributed by atoms with Crippen molar-refractivity contribution in [2.75, 3.05) is 5.32 Å². The summed E-state index contributed by atoms with van der Waals surface area (Å²) in [5, 5.41) is 8.12. The van der Waals surface area contributed by atoms with Crippen LogP contribution in [0.3, 0.4) is 0 Å². The Labute approximate surface area is 158 Å². The van der Waals surface area contributed by atoms with Crippen LogP contribution in [-0.4, -0.2) is 20.5 Å². The van der Waals surface area contributed by atoms with Gasteiger partial charge in [-0.25, -0.2) is 13.9 Å². The van der Waals surface area contributed by atoms with Crippen LogP contribution in [0.5, 0.6) is 0 Å². The van der Waals surface area contributed by atoms with Crippen LogP contribution in [0, 0.1) is 5.82 Å². The van der Waals surface area contributed by atoms with Gasteiger partial charge in [0.1, 0.15) is 11.4 Å². The number of carbonyl (C=O) groups is 1. The maximum atomic E-state index is 13.2. The van der Waals surface area contributed by atoms with Crippen molar-refractivity contribution in [3.63, 3.8) is 0 Å². The zero-order chi connectivity index (χ0) is 19.0.